The van der Waals surface area contributed by atoms with Gasteiger partial charge in [0.2, 0.25) is 0 Å². The molecule has 2 N–H and O–H groups in total. The van der Waals surface area contributed by atoms with Gasteiger partial charge in [-0.05, 0) is 24.5 Å². The lowest BCUT2D eigenvalue weighted by Crippen LogP contribution is -2.21. The van der Waals surface area contributed by atoms with Crippen LogP contribution in [-0.4, -0.2) is 28.6 Å². The number of rotatable bonds is 7. The van der Waals surface area contributed by atoms with Crippen LogP contribution >= 0.6 is 0 Å². The van der Waals surface area contributed by atoms with Gasteiger partial charge in [-0.3, -0.25) is 9.59 Å². The molecule has 3 aromatic rings. The zero-order valence-corrected chi connectivity index (χ0v) is 13.0. The number of anilines is 1. The number of fused-ring (bicyclic) bond motifs is 1. The van der Waals surface area contributed by atoms with Gasteiger partial charge < -0.3 is 19.6 Å². The minimum absolute atomic E-state index is 0.261. The number of hydrogen-bond acceptors (Lipinski definition) is 5. The van der Waals surface area contributed by atoms with Crippen molar-refractivity contribution in [2.45, 2.75) is 19.3 Å². The van der Waals surface area contributed by atoms with E-state index in [2.05, 4.69) is 20.0 Å². The number of aromatic nitrogens is 2. The van der Waals surface area contributed by atoms with E-state index >= 15 is 0 Å². The number of nitrogens with zero attached hydrogens (tertiary/aromatic N) is 1. The summed E-state index contributed by atoms with van der Waals surface area (Å²) in [6, 6.07) is 9.53. The van der Waals surface area contributed by atoms with Crippen LogP contribution < -0.4 is 5.32 Å². The molecule has 0 spiro atoms. The fourth-order valence-electron chi connectivity index (χ4n) is 2.44. The molecule has 3 rings (SSSR count). The number of para-hydroxylation sites is 1. The number of amides is 1. The number of esters is 1. The van der Waals surface area contributed by atoms with Crippen molar-refractivity contribution in [1.82, 2.24) is 10.1 Å². The summed E-state index contributed by atoms with van der Waals surface area (Å²) in [5, 5.41) is 7.15. The largest absolute Gasteiger partial charge is 0.456 e. The van der Waals surface area contributed by atoms with Gasteiger partial charge >= 0.3 is 5.97 Å². The highest BCUT2D eigenvalue weighted by Gasteiger charge is 2.10. The number of nitrogens with one attached hydrogen (secondary N) is 2. The van der Waals surface area contributed by atoms with Crippen molar-refractivity contribution in [3.8, 4) is 0 Å². The number of carbonyl (C=O) groups is 2. The maximum Gasteiger partial charge on any atom is 0.306 e. The van der Waals surface area contributed by atoms with Crippen molar-refractivity contribution >= 4 is 28.6 Å². The summed E-state index contributed by atoms with van der Waals surface area (Å²) in [7, 11) is 0. The van der Waals surface area contributed by atoms with E-state index in [9.17, 15) is 9.59 Å². The Labute approximate surface area is 138 Å². The maximum absolute atomic E-state index is 11.7. The summed E-state index contributed by atoms with van der Waals surface area (Å²) in [6.45, 7) is -0.335. The Morgan fingerprint density at radius 2 is 2.12 bits per heavy atom. The van der Waals surface area contributed by atoms with Crippen molar-refractivity contribution in [1.29, 1.82) is 0 Å². The molecule has 0 bridgehead atoms. The fourth-order valence-corrected chi connectivity index (χ4v) is 2.44. The molecule has 0 atom stereocenters. The molecule has 0 aliphatic carbocycles. The first-order chi connectivity index (χ1) is 11.7. The fraction of sp³-hybridized carbons (Fsp3) is 0.235. The monoisotopic (exact) mass is 327 g/mol. The Bertz CT molecular complexity index is 823. The molecule has 0 unspecified atom stereocenters. The number of hydrogen-bond donors (Lipinski definition) is 2. The quantitative estimate of drug-likeness (QED) is 0.650. The molecule has 0 fully saturated rings. The first-order valence-corrected chi connectivity index (χ1v) is 7.63. The molecule has 1 aromatic carbocycles. The Hall–Kier alpha value is -3.09. The molecule has 0 saturated carbocycles. The van der Waals surface area contributed by atoms with Gasteiger partial charge in [0.15, 0.2) is 12.4 Å². The van der Waals surface area contributed by atoms with Crippen molar-refractivity contribution in [3.63, 3.8) is 0 Å². The standard InChI is InChI=1S/C17H17N3O4/c21-16(19-15-8-9-24-20-15)11-23-17(22)7-3-4-12-10-18-14-6-2-1-5-13(12)14/h1-2,5-6,8-10,18H,3-4,7,11H2,(H,19,20,21). The lowest BCUT2D eigenvalue weighted by molar-refractivity contribution is -0.147. The lowest BCUT2D eigenvalue weighted by Gasteiger charge is -2.04. The van der Waals surface area contributed by atoms with Gasteiger partial charge in [-0.25, -0.2) is 0 Å². The van der Waals surface area contributed by atoms with Crippen molar-refractivity contribution in [3.05, 3.63) is 48.4 Å². The smallest absolute Gasteiger partial charge is 0.306 e. The minimum atomic E-state index is -0.450. The van der Waals surface area contributed by atoms with Crippen LogP contribution in [0, 0.1) is 0 Å². The molecule has 24 heavy (non-hydrogen) atoms. The Kier molecular flexibility index (Phi) is 4.90. The third-order valence-electron chi connectivity index (χ3n) is 3.57. The molecule has 2 heterocycles. The van der Waals surface area contributed by atoms with E-state index in [0.717, 1.165) is 17.3 Å². The van der Waals surface area contributed by atoms with Gasteiger partial charge in [0.25, 0.3) is 5.91 Å². The van der Waals surface area contributed by atoms with E-state index in [-0.39, 0.29) is 18.8 Å². The van der Waals surface area contributed by atoms with Gasteiger partial charge in [-0.2, -0.15) is 0 Å². The van der Waals surface area contributed by atoms with Gasteiger partial charge in [0.05, 0.1) is 0 Å². The van der Waals surface area contributed by atoms with E-state index < -0.39 is 11.9 Å². The second kappa shape index (κ2) is 7.45. The van der Waals surface area contributed by atoms with Gasteiger partial charge in [0.1, 0.15) is 6.26 Å². The molecule has 0 saturated heterocycles. The van der Waals surface area contributed by atoms with Gasteiger partial charge in [0, 0.05) is 29.6 Å². The average molecular weight is 327 g/mol. The molecule has 0 aliphatic rings. The average Bonchev–Trinajstić information content (AvgIpc) is 3.23. The third kappa shape index (κ3) is 4.01. The number of H-pyrrole nitrogens is 1. The number of benzene rings is 1. The predicted molar refractivity (Wildman–Crippen MR) is 87.3 cm³/mol. The number of aromatic amines is 1. The highest BCUT2D eigenvalue weighted by atomic mass is 16.5. The Balaban J connectivity index is 1.39. The molecule has 2 aromatic heterocycles. The van der Waals surface area contributed by atoms with Crippen LogP contribution in [0.15, 0.2) is 47.3 Å². The molecule has 7 heteroatoms. The zero-order chi connectivity index (χ0) is 16.8. The molecule has 0 aliphatic heterocycles. The van der Waals surface area contributed by atoms with Crippen LogP contribution in [0.5, 0.6) is 0 Å². The highest BCUT2D eigenvalue weighted by molar-refractivity contribution is 5.91. The summed E-state index contributed by atoms with van der Waals surface area (Å²) in [5.74, 6) is -0.561. The van der Waals surface area contributed by atoms with Gasteiger partial charge in [-0.15, -0.1) is 0 Å². The van der Waals surface area contributed by atoms with E-state index in [0.29, 0.717) is 6.42 Å². The number of aryl methyl sites for hydroxylation is 1. The van der Waals surface area contributed by atoms with Crippen LogP contribution in [0.25, 0.3) is 10.9 Å². The molecule has 0 radical (unpaired) electrons. The normalized spacial score (nSPS) is 10.7. The van der Waals surface area contributed by atoms with E-state index in [1.807, 2.05) is 30.5 Å². The first-order valence-electron chi connectivity index (χ1n) is 7.63. The minimum Gasteiger partial charge on any atom is -0.456 e. The summed E-state index contributed by atoms with van der Waals surface area (Å²) in [4.78, 5) is 26.5. The summed E-state index contributed by atoms with van der Waals surface area (Å²) in [5.41, 5.74) is 2.25. The first kappa shape index (κ1) is 15.8. The van der Waals surface area contributed by atoms with Crippen LogP contribution in [0.3, 0.4) is 0 Å². The molecule has 7 nitrogen and oxygen atoms in total. The van der Waals surface area contributed by atoms with Crippen molar-refractivity contribution < 1.29 is 18.8 Å². The predicted octanol–water partition coefficient (Wildman–Crippen LogP) is 2.66. The molecular weight excluding hydrogens is 310 g/mol. The Morgan fingerprint density at radius 3 is 2.96 bits per heavy atom. The summed E-state index contributed by atoms with van der Waals surface area (Å²) < 4.78 is 9.53. The SMILES string of the molecule is O=C(COC(=O)CCCc1c[nH]c2ccccc12)Nc1ccon1. The van der Waals surface area contributed by atoms with Crippen LogP contribution in [0.1, 0.15) is 18.4 Å². The summed E-state index contributed by atoms with van der Waals surface area (Å²) in [6.07, 6.45) is 4.99. The number of carbonyl (C=O) groups excluding carboxylic acids is 2. The Morgan fingerprint density at radius 1 is 1.25 bits per heavy atom. The van der Waals surface area contributed by atoms with E-state index in [4.69, 9.17) is 4.74 Å². The van der Waals surface area contributed by atoms with Crippen molar-refractivity contribution in [2.75, 3.05) is 11.9 Å². The van der Waals surface area contributed by atoms with Crippen LogP contribution in [0.2, 0.25) is 0 Å². The second-order valence-corrected chi connectivity index (χ2v) is 5.31. The number of ether oxygens (including phenoxy) is 1. The lowest BCUT2D eigenvalue weighted by atomic mass is 10.1. The van der Waals surface area contributed by atoms with Crippen molar-refractivity contribution in [2.24, 2.45) is 0 Å². The van der Waals surface area contributed by atoms with Gasteiger partial charge in [-0.1, -0.05) is 23.4 Å². The second-order valence-electron chi connectivity index (χ2n) is 5.31. The van der Waals surface area contributed by atoms with E-state index in [1.165, 1.54) is 17.9 Å². The summed E-state index contributed by atoms with van der Waals surface area (Å²) >= 11 is 0. The molecule has 1 amide bonds. The maximum atomic E-state index is 11.7. The van der Waals surface area contributed by atoms with Crippen LogP contribution in [0.4, 0.5) is 5.82 Å². The highest BCUT2D eigenvalue weighted by Crippen LogP contribution is 2.19. The van der Waals surface area contributed by atoms with E-state index in [1.54, 1.807) is 0 Å². The third-order valence-corrected chi connectivity index (χ3v) is 3.57. The topological polar surface area (TPSA) is 97.2 Å². The zero-order valence-electron chi connectivity index (χ0n) is 13.0. The van der Waals surface area contributed by atoms with Crippen LogP contribution in [-0.2, 0) is 20.7 Å². The molecular formula is C17H17N3O4. The molecule has 124 valence electrons.